The van der Waals surface area contributed by atoms with Crippen molar-refractivity contribution in [1.82, 2.24) is 4.57 Å². The van der Waals surface area contributed by atoms with Crippen molar-refractivity contribution in [2.24, 2.45) is 11.3 Å². The number of carbonyl (C=O) groups excluding carboxylic acids is 1. The summed E-state index contributed by atoms with van der Waals surface area (Å²) in [5, 5.41) is 39.8. The van der Waals surface area contributed by atoms with Gasteiger partial charge in [0, 0.05) is 24.1 Å². The van der Waals surface area contributed by atoms with Gasteiger partial charge in [-0.05, 0) is 12.1 Å². The standard InChI is InChI=1S/C22H15N5O2/c1-15(28)29-21(10-22(13-25,14-26)16(11-23)12-24)27-19-8-4-2-6-17(19)18-7-3-5-9-20(18)27/h2-9,16,21H,10H2,1H3. The number of hydrogen-bond donors (Lipinski definition) is 0. The molecule has 1 heterocycles. The van der Waals surface area contributed by atoms with Crippen LogP contribution in [0, 0.1) is 56.7 Å². The minimum atomic E-state index is -1.96. The summed E-state index contributed by atoms with van der Waals surface area (Å²) in [6.07, 6.45) is -1.38. The van der Waals surface area contributed by atoms with Gasteiger partial charge in [-0.25, -0.2) is 0 Å². The molecule has 0 bridgehead atoms. The van der Waals surface area contributed by atoms with Crippen LogP contribution in [0.3, 0.4) is 0 Å². The van der Waals surface area contributed by atoms with Crippen molar-refractivity contribution >= 4 is 27.8 Å². The van der Waals surface area contributed by atoms with E-state index in [0.717, 1.165) is 21.8 Å². The maximum absolute atomic E-state index is 11.9. The number of benzene rings is 2. The fourth-order valence-electron chi connectivity index (χ4n) is 3.53. The number of para-hydroxylation sites is 2. The molecule has 0 aliphatic heterocycles. The van der Waals surface area contributed by atoms with E-state index in [1.54, 1.807) is 16.7 Å². The van der Waals surface area contributed by atoms with E-state index in [0.29, 0.717) is 0 Å². The van der Waals surface area contributed by atoms with E-state index in [1.807, 2.05) is 60.7 Å². The van der Waals surface area contributed by atoms with Crippen LogP contribution in [0.5, 0.6) is 0 Å². The van der Waals surface area contributed by atoms with Crippen molar-refractivity contribution in [2.45, 2.75) is 19.6 Å². The van der Waals surface area contributed by atoms with Crippen LogP contribution in [-0.4, -0.2) is 10.5 Å². The van der Waals surface area contributed by atoms with Crippen LogP contribution >= 0.6 is 0 Å². The number of hydrogen-bond acceptors (Lipinski definition) is 6. The van der Waals surface area contributed by atoms with Crippen molar-refractivity contribution in [2.75, 3.05) is 0 Å². The Kier molecular flexibility index (Phi) is 5.18. The average Bonchev–Trinajstić information content (AvgIpc) is 3.07. The first-order chi connectivity index (χ1) is 14.0. The largest absolute Gasteiger partial charge is 0.441 e. The number of nitriles is 4. The summed E-state index contributed by atoms with van der Waals surface area (Å²) >= 11 is 0. The van der Waals surface area contributed by atoms with Gasteiger partial charge in [-0.3, -0.25) is 4.79 Å². The third-order valence-corrected chi connectivity index (χ3v) is 4.85. The topological polar surface area (TPSA) is 126 Å². The molecule has 2 aromatic carbocycles. The van der Waals surface area contributed by atoms with E-state index >= 15 is 0 Å². The van der Waals surface area contributed by atoms with E-state index in [9.17, 15) is 25.8 Å². The van der Waals surface area contributed by atoms with Crippen molar-refractivity contribution in [3.05, 3.63) is 48.5 Å². The molecule has 0 fully saturated rings. The first kappa shape index (κ1) is 19.4. The third kappa shape index (κ3) is 3.23. The molecule has 0 saturated carbocycles. The van der Waals surface area contributed by atoms with Crippen molar-refractivity contribution < 1.29 is 9.53 Å². The Balaban J connectivity index is 2.27. The van der Waals surface area contributed by atoms with Gasteiger partial charge >= 0.3 is 5.97 Å². The lowest BCUT2D eigenvalue weighted by molar-refractivity contribution is -0.152. The van der Waals surface area contributed by atoms with E-state index in [-0.39, 0.29) is 6.42 Å². The minimum absolute atomic E-state index is 0.325. The van der Waals surface area contributed by atoms with Crippen molar-refractivity contribution in [3.8, 4) is 24.3 Å². The van der Waals surface area contributed by atoms with Crippen LogP contribution in [-0.2, 0) is 9.53 Å². The summed E-state index contributed by atoms with van der Waals surface area (Å²) in [5.41, 5.74) is -0.471. The number of aromatic nitrogens is 1. The van der Waals surface area contributed by atoms with E-state index in [2.05, 4.69) is 0 Å². The van der Waals surface area contributed by atoms with E-state index < -0.39 is 23.5 Å². The molecule has 3 rings (SSSR count). The zero-order chi connectivity index (χ0) is 21.0. The molecule has 0 saturated heterocycles. The van der Waals surface area contributed by atoms with E-state index in [4.69, 9.17) is 4.74 Å². The number of nitrogens with zero attached hydrogens (tertiary/aromatic N) is 5. The second kappa shape index (κ2) is 7.73. The molecule has 7 nitrogen and oxygen atoms in total. The summed E-state index contributed by atoms with van der Waals surface area (Å²) in [7, 11) is 0. The Morgan fingerprint density at radius 1 is 0.966 bits per heavy atom. The summed E-state index contributed by atoms with van der Waals surface area (Å²) < 4.78 is 7.25. The molecule has 29 heavy (non-hydrogen) atoms. The highest BCUT2D eigenvalue weighted by Gasteiger charge is 2.44. The Bertz CT molecular complexity index is 1180. The molecule has 1 aromatic heterocycles. The lowest BCUT2D eigenvalue weighted by Crippen LogP contribution is -2.31. The average molecular weight is 381 g/mol. The van der Waals surface area contributed by atoms with Crippen LogP contribution in [0.1, 0.15) is 19.6 Å². The summed E-state index contributed by atoms with van der Waals surface area (Å²) in [6, 6.07) is 22.0. The van der Waals surface area contributed by atoms with E-state index in [1.165, 1.54) is 6.92 Å². The molecule has 7 heteroatoms. The third-order valence-electron chi connectivity index (χ3n) is 4.85. The Morgan fingerprint density at radius 3 is 1.86 bits per heavy atom. The molecule has 0 aliphatic carbocycles. The fraction of sp³-hybridized carbons (Fsp3) is 0.227. The van der Waals surface area contributed by atoms with Crippen LogP contribution in [0.15, 0.2) is 48.5 Å². The number of rotatable bonds is 5. The molecule has 3 aromatic rings. The second-order valence-electron chi connectivity index (χ2n) is 6.56. The Labute approximate surface area is 167 Å². The second-order valence-corrected chi connectivity index (χ2v) is 6.56. The first-order valence-corrected chi connectivity index (χ1v) is 8.78. The van der Waals surface area contributed by atoms with Crippen LogP contribution in [0.2, 0.25) is 0 Å². The SMILES string of the molecule is CC(=O)OC(CC(C#N)(C#N)C(C#N)C#N)n1c2ccccc2c2ccccc21. The lowest BCUT2D eigenvalue weighted by Gasteiger charge is -2.27. The van der Waals surface area contributed by atoms with Crippen LogP contribution in [0.4, 0.5) is 0 Å². The molecule has 0 spiro atoms. The van der Waals surface area contributed by atoms with Crippen molar-refractivity contribution in [3.63, 3.8) is 0 Å². The maximum Gasteiger partial charge on any atom is 0.304 e. The van der Waals surface area contributed by atoms with Gasteiger partial charge in [-0.15, -0.1) is 0 Å². The van der Waals surface area contributed by atoms with Crippen LogP contribution < -0.4 is 0 Å². The molecule has 0 aliphatic rings. The first-order valence-electron chi connectivity index (χ1n) is 8.78. The van der Waals surface area contributed by atoms with Gasteiger partial charge in [-0.1, -0.05) is 36.4 Å². The quantitative estimate of drug-likeness (QED) is 0.616. The predicted octanol–water partition coefficient (Wildman–Crippen LogP) is 3.94. The molecular formula is C22H15N5O2. The van der Waals surface area contributed by atoms with Gasteiger partial charge in [0.05, 0.1) is 35.3 Å². The molecule has 1 unspecified atom stereocenters. The van der Waals surface area contributed by atoms with Gasteiger partial charge in [0.1, 0.15) is 0 Å². The summed E-state index contributed by atoms with van der Waals surface area (Å²) in [6.45, 7) is 1.23. The summed E-state index contributed by atoms with van der Waals surface area (Å²) in [5.74, 6) is -2.10. The molecule has 1 atom stereocenters. The van der Waals surface area contributed by atoms with Crippen LogP contribution in [0.25, 0.3) is 21.8 Å². The Morgan fingerprint density at radius 2 is 1.45 bits per heavy atom. The number of carbonyl (C=O) groups is 1. The molecule has 0 N–H and O–H groups in total. The number of fused-ring (bicyclic) bond motifs is 3. The van der Waals surface area contributed by atoms with Crippen molar-refractivity contribution in [1.29, 1.82) is 21.0 Å². The molecular weight excluding hydrogens is 366 g/mol. The number of ether oxygens (including phenoxy) is 1. The van der Waals surface area contributed by atoms with Gasteiger partial charge in [-0.2, -0.15) is 21.0 Å². The predicted molar refractivity (Wildman–Crippen MR) is 103 cm³/mol. The summed E-state index contributed by atoms with van der Waals surface area (Å²) in [4.78, 5) is 11.9. The smallest absolute Gasteiger partial charge is 0.304 e. The minimum Gasteiger partial charge on any atom is -0.441 e. The Hall–Kier alpha value is -4.33. The highest BCUT2D eigenvalue weighted by molar-refractivity contribution is 6.08. The highest BCUT2D eigenvalue weighted by atomic mass is 16.6. The fourth-order valence-corrected chi connectivity index (χ4v) is 3.53. The maximum atomic E-state index is 11.9. The highest BCUT2D eigenvalue weighted by Crippen LogP contribution is 2.40. The lowest BCUT2D eigenvalue weighted by atomic mass is 9.76. The zero-order valence-electron chi connectivity index (χ0n) is 15.5. The molecule has 140 valence electrons. The monoisotopic (exact) mass is 381 g/mol. The van der Waals surface area contributed by atoms with Gasteiger partial charge < -0.3 is 9.30 Å². The number of esters is 1. The normalized spacial score (nSPS) is 11.9. The van der Waals surface area contributed by atoms with Gasteiger partial charge in [0.2, 0.25) is 0 Å². The molecule has 0 amide bonds. The molecule has 0 radical (unpaired) electrons. The van der Waals surface area contributed by atoms with Gasteiger partial charge in [0.25, 0.3) is 0 Å². The van der Waals surface area contributed by atoms with Gasteiger partial charge in [0.15, 0.2) is 17.6 Å². The zero-order valence-corrected chi connectivity index (χ0v) is 15.5.